The molecular formula is C22H24F2N6O2S. The van der Waals surface area contributed by atoms with Gasteiger partial charge in [-0.3, -0.25) is 4.79 Å². The van der Waals surface area contributed by atoms with Gasteiger partial charge in [-0.2, -0.15) is 0 Å². The summed E-state index contributed by atoms with van der Waals surface area (Å²) in [4.78, 5) is 24.0. The van der Waals surface area contributed by atoms with E-state index in [4.69, 9.17) is 10.5 Å². The fraction of sp³-hybridized carbons (Fsp3) is 0.409. The zero-order valence-electron chi connectivity index (χ0n) is 18.0. The van der Waals surface area contributed by atoms with E-state index in [1.807, 2.05) is 4.90 Å². The first-order chi connectivity index (χ1) is 15.9. The van der Waals surface area contributed by atoms with Crippen molar-refractivity contribution in [3.63, 3.8) is 0 Å². The van der Waals surface area contributed by atoms with E-state index in [1.54, 1.807) is 13.1 Å². The highest BCUT2D eigenvalue weighted by atomic mass is 32.1. The van der Waals surface area contributed by atoms with Gasteiger partial charge in [0, 0.05) is 50.2 Å². The molecule has 33 heavy (non-hydrogen) atoms. The topological polar surface area (TPSA) is 105 Å². The lowest BCUT2D eigenvalue weighted by Crippen LogP contribution is -2.58. The summed E-state index contributed by atoms with van der Waals surface area (Å²) in [6.07, 6.45) is 1.62. The Kier molecular flexibility index (Phi) is 5.85. The Bertz CT molecular complexity index is 1180. The molecule has 2 aliphatic heterocycles. The minimum atomic E-state index is -0.626. The van der Waals surface area contributed by atoms with Crippen LogP contribution in [0.2, 0.25) is 0 Å². The second-order valence-corrected chi connectivity index (χ2v) is 9.35. The first kappa shape index (κ1) is 21.9. The van der Waals surface area contributed by atoms with Gasteiger partial charge in [0.2, 0.25) is 0 Å². The largest absolute Gasteiger partial charge is 0.396 e. The summed E-state index contributed by atoms with van der Waals surface area (Å²) in [6.45, 7) is 4.48. The normalized spacial score (nSPS) is 20.3. The summed E-state index contributed by atoms with van der Waals surface area (Å²) in [7, 11) is 0. The Balaban J connectivity index is 1.25. The highest BCUT2D eigenvalue weighted by Gasteiger charge is 2.31. The number of halogens is 2. The number of nitrogens with two attached hydrogens (primary N) is 1. The van der Waals surface area contributed by atoms with Gasteiger partial charge in [0.05, 0.1) is 23.6 Å². The average molecular weight is 475 g/mol. The molecule has 2 aromatic heterocycles. The van der Waals surface area contributed by atoms with Crippen LogP contribution in [0.15, 0.2) is 18.3 Å². The van der Waals surface area contributed by atoms with Crippen molar-refractivity contribution in [3.05, 3.63) is 46.1 Å². The zero-order chi connectivity index (χ0) is 23.1. The van der Waals surface area contributed by atoms with Gasteiger partial charge in [0.1, 0.15) is 26.9 Å². The summed E-state index contributed by atoms with van der Waals surface area (Å²) in [5.74, 6) is -1.67. The predicted octanol–water partition coefficient (Wildman–Crippen LogP) is 2.01. The molecule has 2 fully saturated rings. The highest BCUT2D eigenvalue weighted by molar-refractivity contribution is 7.21. The molecule has 0 radical (unpaired) electrons. The maximum Gasteiger partial charge on any atom is 0.263 e. The number of hydrogen-bond donors (Lipinski definition) is 3. The number of benzene rings is 1. The minimum absolute atomic E-state index is 0.00848. The Hall–Kier alpha value is -2.89. The summed E-state index contributed by atoms with van der Waals surface area (Å²) in [5, 5.41) is 5.99. The summed E-state index contributed by atoms with van der Waals surface area (Å²) in [6, 6.07) is 2.72. The molecule has 8 nitrogen and oxygen atoms in total. The van der Waals surface area contributed by atoms with Crippen LogP contribution >= 0.6 is 11.3 Å². The van der Waals surface area contributed by atoms with Gasteiger partial charge >= 0.3 is 0 Å². The number of fused-ring (bicyclic) bond motifs is 3. The van der Waals surface area contributed by atoms with E-state index in [0.717, 1.165) is 30.1 Å². The number of amides is 1. The van der Waals surface area contributed by atoms with Crippen LogP contribution in [-0.2, 0) is 11.2 Å². The van der Waals surface area contributed by atoms with Crippen molar-refractivity contribution in [2.24, 2.45) is 0 Å². The van der Waals surface area contributed by atoms with E-state index in [9.17, 15) is 13.6 Å². The molecule has 2 bridgehead atoms. The molecule has 0 aliphatic carbocycles. The van der Waals surface area contributed by atoms with Crippen molar-refractivity contribution in [1.29, 1.82) is 0 Å². The summed E-state index contributed by atoms with van der Waals surface area (Å²) < 4.78 is 35.4. The Morgan fingerprint density at radius 1 is 1.30 bits per heavy atom. The number of ether oxygens (including phenoxy) is 1. The van der Waals surface area contributed by atoms with Crippen LogP contribution in [0.25, 0.3) is 10.3 Å². The molecule has 1 amide bonds. The van der Waals surface area contributed by atoms with E-state index in [-0.39, 0.29) is 36.4 Å². The fourth-order valence-electron chi connectivity index (χ4n) is 4.30. The molecule has 2 unspecified atom stereocenters. The first-order valence-corrected chi connectivity index (χ1v) is 11.6. The lowest BCUT2D eigenvalue weighted by molar-refractivity contribution is -0.0484. The van der Waals surface area contributed by atoms with Crippen LogP contribution in [0.5, 0.6) is 0 Å². The third kappa shape index (κ3) is 4.35. The molecule has 1 aromatic carbocycles. The number of carbonyl (C=O) groups is 1. The van der Waals surface area contributed by atoms with Gasteiger partial charge in [0.25, 0.3) is 5.91 Å². The SMILES string of the molecule is Cc1cnc2c(N)c(C(=O)NCCc3c(F)cc(N4CC5CNCC(C4)O5)cc3F)sc2n1. The maximum atomic E-state index is 14.8. The maximum absolute atomic E-state index is 14.8. The molecule has 174 valence electrons. The van der Waals surface area contributed by atoms with Crippen molar-refractivity contribution in [2.45, 2.75) is 25.6 Å². The number of anilines is 2. The lowest BCUT2D eigenvalue weighted by atomic mass is 10.1. The zero-order valence-corrected chi connectivity index (χ0v) is 18.8. The van der Waals surface area contributed by atoms with Crippen LogP contribution in [0.3, 0.4) is 0 Å². The second kappa shape index (κ2) is 8.81. The van der Waals surface area contributed by atoms with E-state index in [0.29, 0.717) is 34.0 Å². The summed E-state index contributed by atoms with van der Waals surface area (Å²) >= 11 is 1.14. The van der Waals surface area contributed by atoms with Crippen LogP contribution in [0.1, 0.15) is 20.9 Å². The highest BCUT2D eigenvalue weighted by Crippen LogP contribution is 2.31. The van der Waals surface area contributed by atoms with Crippen molar-refractivity contribution >= 4 is 39.0 Å². The number of aryl methyl sites for hydroxylation is 1. The monoisotopic (exact) mass is 474 g/mol. The Morgan fingerprint density at radius 2 is 2.00 bits per heavy atom. The molecule has 11 heteroatoms. The van der Waals surface area contributed by atoms with Crippen LogP contribution in [0, 0.1) is 18.6 Å². The van der Waals surface area contributed by atoms with Crippen molar-refractivity contribution in [3.8, 4) is 0 Å². The van der Waals surface area contributed by atoms with Gasteiger partial charge in [-0.15, -0.1) is 11.3 Å². The van der Waals surface area contributed by atoms with Crippen LogP contribution in [0.4, 0.5) is 20.2 Å². The van der Waals surface area contributed by atoms with Crippen molar-refractivity contribution in [1.82, 2.24) is 20.6 Å². The van der Waals surface area contributed by atoms with Gasteiger partial charge < -0.3 is 26.0 Å². The molecule has 0 saturated carbocycles. The predicted molar refractivity (Wildman–Crippen MR) is 123 cm³/mol. The number of nitrogens with one attached hydrogen (secondary N) is 2. The van der Waals surface area contributed by atoms with Gasteiger partial charge in [-0.05, 0) is 25.5 Å². The average Bonchev–Trinajstić information content (AvgIpc) is 3.10. The molecule has 2 saturated heterocycles. The van der Waals surface area contributed by atoms with Crippen molar-refractivity contribution in [2.75, 3.05) is 43.4 Å². The van der Waals surface area contributed by atoms with Crippen LogP contribution in [-0.4, -0.2) is 60.8 Å². The summed E-state index contributed by atoms with van der Waals surface area (Å²) in [5.41, 5.74) is 7.96. The van der Waals surface area contributed by atoms with Gasteiger partial charge in [-0.25, -0.2) is 18.7 Å². The number of thiophene rings is 1. The molecule has 2 aliphatic rings. The number of nitrogen functional groups attached to an aromatic ring is 1. The Morgan fingerprint density at radius 3 is 2.70 bits per heavy atom. The quantitative estimate of drug-likeness (QED) is 0.520. The second-order valence-electron chi connectivity index (χ2n) is 8.35. The van der Waals surface area contributed by atoms with E-state index in [2.05, 4.69) is 20.6 Å². The van der Waals surface area contributed by atoms with E-state index < -0.39 is 17.5 Å². The Labute approximate surface area is 193 Å². The molecule has 3 aromatic rings. The molecule has 5 rings (SSSR count). The van der Waals surface area contributed by atoms with E-state index in [1.165, 1.54) is 12.1 Å². The van der Waals surface area contributed by atoms with E-state index >= 15 is 0 Å². The number of carbonyl (C=O) groups excluding carboxylic acids is 1. The molecule has 2 atom stereocenters. The number of aromatic nitrogens is 2. The number of nitrogens with zero attached hydrogens (tertiary/aromatic N) is 3. The molecule has 4 N–H and O–H groups in total. The molecular weight excluding hydrogens is 450 g/mol. The number of rotatable bonds is 5. The number of hydrogen-bond acceptors (Lipinski definition) is 8. The van der Waals surface area contributed by atoms with Crippen LogP contribution < -0.4 is 21.3 Å². The standard InChI is InChI=1S/C22H24F2N6O2S/c1-11-6-28-19-18(25)20(33-22(19)29-11)21(31)27-3-2-15-16(23)4-12(5-17(15)24)30-9-13-7-26-8-14(10-30)32-13/h4-6,13-14,26H,2-3,7-10,25H2,1H3,(H,27,31). The van der Waals surface area contributed by atoms with Gasteiger partial charge in [0.15, 0.2) is 0 Å². The molecule has 4 heterocycles. The third-order valence-electron chi connectivity index (χ3n) is 5.89. The number of morpholine rings is 2. The molecule has 0 spiro atoms. The lowest BCUT2D eigenvalue weighted by Gasteiger charge is -2.43. The first-order valence-electron chi connectivity index (χ1n) is 10.8. The minimum Gasteiger partial charge on any atom is -0.396 e. The van der Waals surface area contributed by atoms with Gasteiger partial charge in [-0.1, -0.05) is 0 Å². The fourth-order valence-corrected chi connectivity index (χ4v) is 5.31. The smallest absolute Gasteiger partial charge is 0.263 e. The van der Waals surface area contributed by atoms with Crippen molar-refractivity contribution < 1.29 is 18.3 Å². The third-order valence-corrected chi connectivity index (χ3v) is 6.98.